The number of aryl methyl sites for hydroxylation is 1. The Morgan fingerprint density at radius 3 is 2.46 bits per heavy atom. The first kappa shape index (κ1) is 21.8. The van der Waals surface area contributed by atoms with E-state index in [1.54, 1.807) is 19.1 Å². The maximum absolute atomic E-state index is 14.1. The van der Waals surface area contributed by atoms with E-state index in [0.717, 1.165) is 0 Å². The summed E-state index contributed by atoms with van der Waals surface area (Å²) in [6.07, 6.45) is 1.25. The Hall–Kier alpha value is -2.25. The molecule has 8 heteroatoms. The lowest BCUT2D eigenvalue weighted by Crippen LogP contribution is -2.53. The second-order valence-corrected chi connectivity index (χ2v) is 6.01. The molecule has 0 aliphatic rings. The van der Waals surface area contributed by atoms with Crippen molar-refractivity contribution in [2.75, 3.05) is 6.54 Å². The Bertz CT molecular complexity index is 826. The van der Waals surface area contributed by atoms with Crippen LogP contribution < -0.4 is 16.5 Å². The van der Waals surface area contributed by atoms with Crippen molar-refractivity contribution in [2.24, 2.45) is 5.73 Å². The van der Waals surface area contributed by atoms with Crippen LogP contribution >= 0.6 is 12.4 Å². The first-order chi connectivity index (χ1) is 11.9. The average Bonchev–Trinajstić information content (AvgIpc) is 2.60. The van der Waals surface area contributed by atoms with Crippen LogP contribution in [0.3, 0.4) is 0 Å². The fourth-order valence-corrected chi connectivity index (χ4v) is 2.64. The molecule has 142 valence electrons. The first-order valence-electron chi connectivity index (χ1n) is 8.26. The van der Waals surface area contributed by atoms with Gasteiger partial charge in [0.05, 0.1) is 5.54 Å². The first-order valence-corrected chi connectivity index (χ1v) is 8.26. The fraction of sp³-hybridized carbons (Fsp3) is 0.389. The van der Waals surface area contributed by atoms with Crippen molar-refractivity contribution in [1.82, 2.24) is 15.1 Å². The van der Waals surface area contributed by atoms with Gasteiger partial charge in [0, 0.05) is 18.3 Å². The predicted molar refractivity (Wildman–Crippen MR) is 102 cm³/mol. The van der Waals surface area contributed by atoms with Gasteiger partial charge in [-0.1, -0.05) is 26.0 Å². The topological polar surface area (TPSA) is 90.0 Å². The summed E-state index contributed by atoms with van der Waals surface area (Å²) in [5.74, 6) is -1.10. The highest BCUT2D eigenvalue weighted by atomic mass is 35.5. The van der Waals surface area contributed by atoms with Gasteiger partial charge in [0.2, 0.25) is 5.43 Å². The summed E-state index contributed by atoms with van der Waals surface area (Å²) >= 11 is 0. The Morgan fingerprint density at radius 2 is 1.92 bits per heavy atom. The van der Waals surface area contributed by atoms with Crippen LogP contribution in [0.25, 0.3) is 5.69 Å². The van der Waals surface area contributed by atoms with E-state index in [4.69, 9.17) is 5.73 Å². The van der Waals surface area contributed by atoms with Gasteiger partial charge in [0.25, 0.3) is 5.91 Å². The molecule has 1 aromatic carbocycles. The largest absolute Gasteiger partial charge is 0.344 e. The van der Waals surface area contributed by atoms with Crippen molar-refractivity contribution >= 4 is 18.3 Å². The molecule has 1 aromatic heterocycles. The van der Waals surface area contributed by atoms with Crippen molar-refractivity contribution in [3.8, 4) is 5.69 Å². The van der Waals surface area contributed by atoms with Gasteiger partial charge in [-0.25, -0.2) is 9.07 Å². The van der Waals surface area contributed by atoms with E-state index in [1.807, 2.05) is 13.8 Å². The minimum atomic E-state index is -0.607. The molecule has 1 heterocycles. The lowest BCUT2D eigenvalue weighted by Gasteiger charge is -2.31. The summed E-state index contributed by atoms with van der Waals surface area (Å²) in [5.41, 5.74) is 5.00. The number of nitrogens with zero attached hydrogens (tertiary/aromatic N) is 2. The van der Waals surface area contributed by atoms with Gasteiger partial charge in [0.15, 0.2) is 5.69 Å². The van der Waals surface area contributed by atoms with Gasteiger partial charge < -0.3 is 11.1 Å². The number of benzene rings is 1. The summed E-state index contributed by atoms with van der Waals surface area (Å²) in [5, 5.41) is 6.92. The van der Waals surface area contributed by atoms with Crippen LogP contribution in [0.15, 0.2) is 35.1 Å². The molecule has 0 saturated heterocycles. The molecule has 0 bridgehead atoms. The Balaban J connectivity index is 0.00000338. The van der Waals surface area contributed by atoms with Crippen LogP contribution in [0, 0.1) is 12.7 Å². The number of para-hydroxylation sites is 1. The number of aromatic nitrogens is 2. The summed E-state index contributed by atoms with van der Waals surface area (Å²) in [4.78, 5) is 24.8. The molecule has 26 heavy (non-hydrogen) atoms. The molecule has 3 N–H and O–H groups in total. The number of carbonyl (C=O) groups excluding carboxylic acids is 1. The molecule has 2 rings (SSSR count). The highest BCUT2D eigenvalue weighted by molar-refractivity contribution is 5.92. The van der Waals surface area contributed by atoms with Gasteiger partial charge in [-0.3, -0.25) is 9.59 Å². The van der Waals surface area contributed by atoms with Crippen molar-refractivity contribution < 1.29 is 9.18 Å². The molecule has 0 saturated carbocycles. The quantitative estimate of drug-likeness (QED) is 0.802. The van der Waals surface area contributed by atoms with Gasteiger partial charge in [-0.05, 0) is 31.9 Å². The smallest absolute Gasteiger partial charge is 0.276 e. The molecule has 0 unspecified atom stereocenters. The minimum absolute atomic E-state index is 0. The molecule has 1 amide bonds. The molecule has 0 fully saturated rings. The van der Waals surface area contributed by atoms with Crippen LogP contribution in [-0.2, 0) is 0 Å². The summed E-state index contributed by atoms with van der Waals surface area (Å²) in [6.45, 7) is 5.71. The van der Waals surface area contributed by atoms with Crippen molar-refractivity contribution in [1.29, 1.82) is 0 Å². The number of amides is 1. The number of hydrogen-bond acceptors (Lipinski definition) is 4. The molecular formula is C18H24ClFN4O2. The van der Waals surface area contributed by atoms with E-state index in [-0.39, 0.29) is 30.3 Å². The van der Waals surface area contributed by atoms with E-state index in [2.05, 4.69) is 10.4 Å². The SMILES string of the molecule is CCC(CC)(CN)NC(=O)c1nn(-c2ccccc2F)c(C)cc1=O.Cl. The Kier molecular flexibility index (Phi) is 7.47. The zero-order chi connectivity index (χ0) is 18.6. The highest BCUT2D eigenvalue weighted by Gasteiger charge is 2.28. The molecule has 0 aliphatic carbocycles. The number of nitrogens with one attached hydrogen (secondary N) is 1. The molecular weight excluding hydrogens is 359 g/mol. The zero-order valence-corrected chi connectivity index (χ0v) is 15.9. The lowest BCUT2D eigenvalue weighted by molar-refractivity contribution is 0.0887. The third kappa shape index (κ3) is 4.28. The third-order valence-corrected chi connectivity index (χ3v) is 4.53. The third-order valence-electron chi connectivity index (χ3n) is 4.53. The summed E-state index contributed by atoms with van der Waals surface area (Å²) in [6, 6.07) is 7.31. The molecule has 6 nitrogen and oxygen atoms in total. The van der Waals surface area contributed by atoms with Crippen molar-refractivity contribution in [2.45, 2.75) is 39.2 Å². The summed E-state index contributed by atoms with van der Waals surface area (Å²) < 4.78 is 15.3. The monoisotopic (exact) mass is 382 g/mol. The van der Waals surface area contributed by atoms with E-state index >= 15 is 0 Å². The Morgan fingerprint density at radius 1 is 1.31 bits per heavy atom. The number of hydrogen-bond donors (Lipinski definition) is 2. The molecule has 2 aromatic rings. The molecule has 0 aliphatic heterocycles. The van der Waals surface area contributed by atoms with Gasteiger partial charge in [-0.15, -0.1) is 12.4 Å². The van der Waals surface area contributed by atoms with E-state index in [9.17, 15) is 14.0 Å². The van der Waals surface area contributed by atoms with Gasteiger partial charge in [-0.2, -0.15) is 5.10 Å². The molecule has 0 radical (unpaired) electrons. The second kappa shape index (κ2) is 8.91. The van der Waals surface area contributed by atoms with E-state index in [1.165, 1.54) is 22.9 Å². The van der Waals surface area contributed by atoms with Crippen molar-refractivity contribution in [3.63, 3.8) is 0 Å². The van der Waals surface area contributed by atoms with E-state index < -0.39 is 22.7 Å². The maximum atomic E-state index is 14.1. The zero-order valence-electron chi connectivity index (χ0n) is 15.1. The van der Waals surface area contributed by atoms with Crippen LogP contribution in [0.1, 0.15) is 42.9 Å². The standard InChI is InChI=1S/C18H23FN4O2.ClH/c1-4-18(5-2,11-20)21-17(25)16-15(24)10-12(3)23(22-16)14-9-7-6-8-13(14)19;/h6-10H,4-5,11,20H2,1-3H3,(H,21,25);1H. The average molecular weight is 383 g/mol. The minimum Gasteiger partial charge on any atom is -0.344 e. The van der Waals surface area contributed by atoms with E-state index in [0.29, 0.717) is 18.5 Å². The van der Waals surface area contributed by atoms with Gasteiger partial charge >= 0.3 is 0 Å². The van der Waals surface area contributed by atoms with Crippen LogP contribution in [0.4, 0.5) is 4.39 Å². The second-order valence-electron chi connectivity index (χ2n) is 6.01. The number of carbonyl (C=O) groups is 1. The van der Waals surface area contributed by atoms with Crippen LogP contribution in [0.2, 0.25) is 0 Å². The normalized spacial score (nSPS) is 11.0. The predicted octanol–water partition coefficient (Wildman–Crippen LogP) is 2.35. The van der Waals surface area contributed by atoms with Crippen molar-refractivity contribution in [3.05, 3.63) is 57.8 Å². The number of rotatable bonds is 6. The fourth-order valence-electron chi connectivity index (χ4n) is 2.64. The molecule has 0 spiro atoms. The van der Waals surface area contributed by atoms with Gasteiger partial charge in [0.1, 0.15) is 11.5 Å². The number of nitrogens with two attached hydrogens (primary N) is 1. The Labute approximate surface area is 158 Å². The van der Waals surface area contributed by atoms with Crippen LogP contribution in [-0.4, -0.2) is 27.8 Å². The molecule has 0 atom stereocenters. The van der Waals surface area contributed by atoms with Crippen LogP contribution in [0.5, 0.6) is 0 Å². The lowest BCUT2D eigenvalue weighted by atomic mass is 9.93. The maximum Gasteiger partial charge on any atom is 0.276 e. The summed E-state index contributed by atoms with van der Waals surface area (Å²) in [7, 11) is 0. The highest BCUT2D eigenvalue weighted by Crippen LogP contribution is 2.15. The number of halogens is 2.